The Kier molecular flexibility index (Phi) is 6.55. The van der Waals surface area contributed by atoms with Crippen molar-refractivity contribution in [3.05, 3.63) is 29.8 Å². The second-order valence-electron chi connectivity index (χ2n) is 5.65. The number of amides is 2. The number of carbonyl (C=O) groups is 2. The normalized spacial score (nSPS) is 15.2. The molecule has 0 aromatic heterocycles. The van der Waals surface area contributed by atoms with Crippen LogP contribution in [0.1, 0.15) is 24.2 Å². The highest BCUT2D eigenvalue weighted by Gasteiger charge is 2.18. The fourth-order valence-electron chi connectivity index (χ4n) is 2.69. The van der Waals surface area contributed by atoms with Crippen LogP contribution < -0.4 is 10.2 Å². The molecule has 6 heteroatoms. The maximum atomic E-state index is 12.4. The number of benzene rings is 1. The second-order valence-corrected chi connectivity index (χ2v) is 5.65. The number of nitrogens with one attached hydrogen (secondary N) is 2. The zero-order valence-electron chi connectivity index (χ0n) is 13.9. The molecule has 0 atom stereocenters. The third kappa shape index (κ3) is 5.04. The molecule has 1 fully saturated rings. The Bertz CT molecular complexity index is 538. The molecule has 0 aliphatic carbocycles. The summed E-state index contributed by atoms with van der Waals surface area (Å²) in [6.45, 7) is 8.81. The van der Waals surface area contributed by atoms with Crippen molar-refractivity contribution in [2.75, 3.05) is 51.3 Å². The Morgan fingerprint density at radius 1 is 1.22 bits per heavy atom. The van der Waals surface area contributed by atoms with Gasteiger partial charge in [0.25, 0.3) is 11.8 Å². The monoisotopic (exact) mass is 320 g/mol. The van der Waals surface area contributed by atoms with Gasteiger partial charge in [0.1, 0.15) is 13.1 Å². The molecule has 0 unspecified atom stereocenters. The van der Waals surface area contributed by atoms with Crippen LogP contribution in [-0.4, -0.2) is 62.7 Å². The molecule has 1 aliphatic rings. The van der Waals surface area contributed by atoms with Crippen molar-refractivity contribution in [1.29, 1.82) is 0 Å². The van der Waals surface area contributed by atoms with E-state index in [4.69, 9.17) is 4.74 Å². The van der Waals surface area contributed by atoms with Crippen molar-refractivity contribution < 1.29 is 19.2 Å². The average molecular weight is 320 g/mol. The maximum Gasteiger partial charge on any atom is 0.279 e. The van der Waals surface area contributed by atoms with Gasteiger partial charge in [-0.3, -0.25) is 9.59 Å². The van der Waals surface area contributed by atoms with Gasteiger partial charge in [-0.15, -0.1) is 0 Å². The molecule has 1 aliphatic heterocycles. The Balaban J connectivity index is 1.96. The van der Waals surface area contributed by atoms with E-state index in [1.807, 2.05) is 19.9 Å². The standard InChI is InChI=1S/C17H25N3O3/c1-3-20(4-2)17(22)14-6-5-7-15(12-14)18-16(21)13-19-8-10-23-11-9-19/h5-7,12H,3-4,8-11,13H2,1-2H3,(H,18,21)/p+1. The third-order valence-corrected chi connectivity index (χ3v) is 4.05. The number of hydrogen-bond acceptors (Lipinski definition) is 3. The highest BCUT2D eigenvalue weighted by atomic mass is 16.5. The first kappa shape index (κ1) is 17.4. The molecule has 2 N–H and O–H groups in total. The lowest BCUT2D eigenvalue weighted by Crippen LogP contribution is -3.15. The first-order valence-electron chi connectivity index (χ1n) is 8.24. The van der Waals surface area contributed by atoms with Gasteiger partial charge in [0.15, 0.2) is 6.54 Å². The van der Waals surface area contributed by atoms with Gasteiger partial charge in [-0.2, -0.15) is 0 Å². The fraction of sp³-hybridized carbons (Fsp3) is 0.529. The predicted octanol–water partition coefficient (Wildman–Crippen LogP) is 0.0222. The summed E-state index contributed by atoms with van der Waals surface area (Å²) in [5.74, 6) is -0.0424. The molecular formula is C17H26N3O3+. The fourth-order valence-corrected chi connectivity index (χ4v) is 2.69. The number of hydrogen-bond donors (Lipinski definition) is 2. The van der Waals surface area contributed by atoms with Gasteiger partial charge in [0.05, 0.1) is 13.2 Å². The Morgan fingerprint density at radius 2 is 1.91 bits per heavy atom. The van der Waals surface area contributed by atoms with Crippen molar-refractivity contribution in [2.45, 2.75) is 13.8 Å². The summed E-state index contributed by atoms with van der Waals surface area (Å²) in [6.07, 6.45) is 0. The minimum Gasteiger partial charge on any atom is -0.370 e. The Labute approximate surface area is 137 Å². The van der Waals surface area contributed by atoms with Gasteiger partial charge in [-0.1, -0.05) is 6.07 Å². The van der Waals surface area contributed by atoms with Crippen LogP contribution in [0.2, 0.25) is 0 Å². The minimum absolute atomic E-state index is 0.00935. The SMILES string of the molecule is CCN(CC)C(=O)c1cccc(NC(=O)C[NH+]2CCOCC2)c1. The van der Waals surface area contributed by atoms with Gasteiger partial charge >= 0.3 is 0 Å². The highest BCUT2D eigenvalue weighted by Crippen LogP contribution is 2.12. The number of rotatable bonds is 6. The summed E-state index contributed by atoms with van der Waals surface area (Å²) in [7, 11) is 0. The lowest BCUT2D eigenvalue weighted by Gasteiger charge is -2.23. The molecule has 6 nitrogen and oxygen atoms in total. The molecule has 126 valence electrons. The maximum absolute atomic E-state index is 12.4. The molecule has 2 amide bonds. The lowest BCUT2D eigenvalue weighted by molar-refractivity contribution is -0.899. The third-order valence-electron chi connectivity index (χ3n) is 4.05. The van der Waals surface area contributed by atoms with Gasteiger partial charge in [0.2, 0.25) is 0 Å². The van der Waals surface area contributed by atoms with E-state index >= 15 is 0 Å². The van der Waals surface area contributed by atoms with Crippen LogP contribution in [0.3, 0.4) is 0 Å². The smallest absolute Gasteiger partial charge is 0.279 e. The van der Waals surface area contributed by atoms with Crippen molar-refractivity contribution in [1.82, 2.24) is 4.90 Å². The minimum atomic E-state index is -0.0330. The van der Waals surface area contributed by atoms with Crippen LogP contribution in [0, 0.1) is 0 Å². The van der Waals surface area contributed by atoms with Crippen LogP contribution in [-0.2, 0) is 9.53 Å². The van der Waals surface area contributed by atoms with E-state index < -0.39 is 0 Å². The zero-order valence-corrected chi connectivity index (χ0v) is 13.9. The van der Waals surface area contributed by atoms with E-state index in [1.54, 1.807) is 23.1 Å². The summed E-state index contributed by atoms with van der Waals surface area (Å²) in [6, 6.07) is 7.14. The van der Waals surface area contributed by atoms with Gasteiger partial charge in [0, 0.05) is 24.3 Å². The molecule has 1 aromatic rings. The first-order chi connectivity index (χ1) is 11.1. The summed E-state index contributed by atoms with van der Waals surface area (Å²) < 4.78 is 5.29. The molecule has 0 bridgehead atoms. The molecule has 1 aromatic carbocycles. The van der Waals surface area contributed by atoms with Crippen LogP contribution in [0.4, 0.5) is 5.69 Å². The number of carbonyl (C=O) groups excluding carboxylic acids is 2. The predicted molar refractivity (Wildman–Crippen MR) is 88.7 cm³/mol. The van der Waals surface area contributed by atoms with Gasteiger partial charge in [-0.25, -0.2) is 0 Å². The van der Waals surface area contributed by atoms with Crippen LogP contribution >= 0.6 is 0 Å². The number of anilines is 1. The van der Waals surface area contributed by atoms with E-state index in [9.17, 15) is 9.59 Å². The van der Waals surface area contributed by atoms with Crippen molar-refractivity contribution >= 4 is 17.5 Å². The highest BCUT2D eigenvalue weighted by molar-refractivity contribution is 5.97. The van der Waals surface area contributed by atoms with Crippen molar-refractivity contribution in [3.63, 3.8) is 0 Å². The lowest BCUT2D eigenvalue weighted by atomic mass is 10.1. The summed E-state index contributed by atoms with van der Waals surface area (Å²) in [5.41, 5.74) is 1.27. The van der Waals surface area contributed by atoms with E-state index in [2.05, 4.69) is 5.32 Å². The first-order valence-corrected chi connectivity index (χ1v) is 8.24. The Hall–Kier alpha value is -1.92. The molecule has 0 saturated carbocycles. The molecule has 0 radical (unpaired) electrons. The van der Waals surface area contributed by atoms with Crippen molar-refractivity contribution in [3.8, 4) is 0 Å². The molecule has 2 rings (SSSR count). The van der Waals surface area contributed by atoms with Crippen LogP contribution in [0.5, 0.6) is 0 Å². The van der Waals surface area contributed by atoms with E-state index in [1.165, 1.54) is 4.90 Å². The average Bonchev–Trinajstić information content (AvgIpc) is 2.57. The Morgan fingerprint density at radius 3 is 2.57 bits per heavy atom. The van der Waals surface area contributed by atoms with E-state index in [0.29, 0.717) is 44.1 Å². The molecule has 1 heterocycles. The van der Waals surface area contributed by atoms with Crippen LogP contribution in [0.25, 0.3) is 0 Å². The largest absolute Gasteiger partial charge is 0.370 e. The topological polar surface area (TPSA) is 63.1 Å². The number of ether oxygens (including phenoxy) is 1. The van der Waals surface area contributed by atoms with E-state index in [0.717, 1.165) is 13.1 Å². The van der Waals surface area contributed by atoms with Gasteiger partial charge in [-0.05, 0) is 32.0 Å². The molecule has 1 saturated heterocycles. The zero-order chi connectivity index (χ0) is 16.7. The molecule has 0 spiro atoms. The molecular weight excluding hydrogens is 294 g/mol. The quantitative estimate of drug-likeness (QED) is 0.777. The summed E-state index contributed by atoms with van der Waals surface area (Å²) in [4.78, 5) is 27.5. The van der Waals surface area contributed by atoms with Crippen LogP contribution in [0.15, 0.2) is 24.3 Å². The van der Waals surface area contributed by atoms with Crippen molar-refractivity contribution in [2.24, 2.45) is 0 Å². The number of quaternary nitrogens is 1. The summed E-state index contributed by atoms with van der Waals surface area (Å²) in [5, 5.41) is 2.89. The second kappa shape index (κ2) is 8.64. The van der Waals surface area contributed by atoms with Gasteiger partial charge < -0.3 is 19.9 Å². The van der Waals surface area contributed by atoms with E-state index in [-0.39, 0.29) is 11.8 Å². The number of nitrogens with zero attached hydrogens (tertiary/aromatic N) is 1. The molecule has 23 heavy (non-hydrogen) atoms. The summed E-state index contributed by atoms with van der Waals surface area (Å²) >= 11 is 0. The number of morpholine rings is 1.